The van der Waals surface area contributed by atoms with Crippen LogP contribution in [-0.4, -0.2) is 38.3 Å². The van der Waals surface area contributed by atoms with Crippen molar-refractivity contribution < 1.29 is 4.74 Å². The second-order valence-corrected chi connectivity index (χ2v) is 4.92. The van der Waals surface area contributed by atoms with E-state index in [0.29, 0.717) is 0 Å². The van der Waals surface area contributed by atoms with Crippen LogP contribution in [0.1, 0.15) is 5.56 Å². The molecule has 0 radical (unpaired) electrons. The molecule has 1 N–H and O–H groups in total. The molecule has 1 fully saturated rings. The van der Waals surface area contributed by atoms with Crippen LogP contribution in [0.5, 0.6) is 5.75 Å². The molecule has 108 valence electrons. The van der Waals surface area contributed by atoms with E-state index in [1.54, 1.807) is 7.11 Å². The average Bonchev–Trinajstić information content (AvgIpc) is 2.47. The number of halogens is 1. The van der Waals surface area contributed by atoms with Crippen molar-refractivity contribution in [2.75, 3.05) is 38.2 Å². The molecule has 4 nitrogen and oxygen atoms in total. The van der Waals surface area contributed by atoms with Gasteiger partial charge in [0, 0.05) is 37.6 Å². The molecule has 2 aromatic rings. The van der Waals surface area contributed by atoms with E-state index in [1.807, 2.05) is 12.1 Å². The second kappa shape index (κ2) is 6.29. The van der Waals surface area contributed by atoms with Crippen molar-refractivity contribution >= 4 is 29.1 Å². The minimum absolute atomic E-state index is 0. The molecule has 3 rings (SSSR count). The molecule has 0 spiro atoms. The largest absolute Gasteiger partial charge is 0.497 e. The highest BCUT2D eigenvalue weighted by Crippen LogP contribution is 2.25. The van der Waals surface area contributed by atoms with Gasteiger partial charge < -0.3 is 15.0 Å². The molecule has 1 aromatic heterocycles. The van der Waals surface area contributed by atoms with Crippen LogP contribution >= 0.6 is 12.4 Å². The van der Waals surface area contributed by atoms with Gasteiger partial charge in [-0.2, -0.15) is 0 Å². The highest BCUT2D eigenvalue weighted by Gasteiger charge is 2.13. The predicted molar refractivity (Wildman–Crippen MR) is 85.4 cm³/mol. The number of piperazine rings is 1. The molecular weight excluding hydrogens is 274 g/mol. The van der Waals surface area contributed by atoms with Crippen molar-refractivity contribution in [1.29, 1.82) is 0 Å². The number of hydrogen-bond acceptors (Lipinski definition) is 4. The first-order valence-corrected chi connectivity index (χ1v) is 6.69. The van der Waals surface area contributed by atoms with Gasteiger partial charge in [-0.15, -0.1) is 12.4 Å². The van der Waals surface area contributed by atoms with E-state index in [0.717, 1.165) is 43.3 Å². The Morgan fingerprint density at radius 1 is 1.20 bits per heavy atom. The summed E-state index contributed by atoms with van der Waals surface area (Å²) in [4.78, 5) is 7.12. The monoisotopic (exact) mass is 293 g/mol. The number of rotatable bonds is 2. The van der Waals surface area contributed by atoms with Crippen LogP contribution in [-0.2, 0) is 0 Å². The number of ether oxygens (including phenoxy) is 1. The number of methoxy groups -OCH3 is 1. The van der Waals surface area contributed by atoms with Crippen molar-refractivity contribution in [2.24, 2.45) is 0 Å². The Labute approximate surface area is 125 Å². The molecule has 0 aliphatic carbocycles. The third kappa shape index (κ3) is 2.81. The number of aryl methyl sites for hydroxylation is 1. The van der Waals surface area contributed by atoms with Gasteiger partial charge in [0.2, 0.25) is 0 Å². The first kappa shape index (κ1) is 14.9. The number of fused-ring (bicyclic) bond motifs is 1. The van der Waals surface area contributed by atoms with E-state index in [-0.39, 0.29) is 12.4 Å². The van der Waals surface area contributed by atoms with E-state index >= 15 is 0 Å². The summed E-state index contributed by atoms with van der Waals surface area (Å²) in [6.07, 6.45) is 0. The minimum Gasteiger partial charge on any atom is -0.497 e. The molecule has 0 unspecified atom stereocenters. The van der Waals surface area contributed by atoms with Gasteiger partial charge >= 0.3 is 0 Å². The van der Waals surface area contributed by atoms with Crippen molar-refractivity contribution in [3.05, 3.63) is 29.8 Å². The summed E-state index contributed by atoms with van der Waals surface area (Å²) in [5.41, 5.74) is 2.27. The predicted octanol–water partition coefficient (Wildman–Crippen LogP) is 2.38. The van der Waals surface area contributed by atoms with Gasteiger partial charge in [-0.05, 0) is 30.7 Å². The molecule has 1 saturated heterocycles. The average molecular weight is 294 g/mol. The van der Waals surface area contributed by atoms with Gasteiger partial charge in [0.05, 0.1) is 12.6 Å². The molecule has 0 atom stereocenters. The fourth-order valence-corrected chi connectivity index (χ4v) is 2.55. The lowest BCUT2D eigenvalue weighted by Gasteiger charge is -2.29. The van der Waals surface area contributed by atoms with Crippen LogP contribution in [0.25, 0.3) is 10.9 Å². The van der Waals surface area contributed by atoms with Crippen molar-refractivity contribution in [2.45, 2.75) is 6.92 Å². The third-order valence-electron chi connectivity index (χ3n) is 3.65. The number of nitrogens with zero attached hydrogens (tertiary/aromatic N) is 2. The van der Waals surface area contributed by atoms with Crippen LogP contribution in [0, 0.1) is 6.92 Å². The van der Waals surface area contributed by atoms with Crippen molar-refractivity contribution in [3.8, 4) is 5.75 Å². The van der Waals surface area contributed by atoms with Gasteiger partial charge in [-0.3, -0.25) is 0 Å². The molecule has 2 heterocycles. The smallest absolute Gasteiger partial charge is 0.129 e. The van der Waals surface area contributed by atoms with Crippen molar-refractivity contribution in [3.63, 3.8) is 0 Å². The van der Waals surface area contributed by atoms with Crippen molar-refractivity contribution in [1.82, 2.24) is 10.3 Å². The summed E-state index contributed by atoms with van der Waals surface area (Å²) in [7, 11) is 1.69. The molecule has 5 heteroatoms. The molecule has 1 aliphatic heterocycles. The first-order chi connectivity index (χ1) is 9.28. The zero-order chi connectivity index (χ0) is 13.2. The van der Waals surface area contributed by atoms with Crippen LogP contribution < -0.4 is 15.0 Å². The highest BCUT2D eigenvalue weighted by atomic mass is 35.5. The Morgan fingerprint density at radius 3 is 2.65 bits per heavy atom. The molecule has 20 heavy (non-hydrogen) atoms. The molecule has 1 aromatic carbocycles. The Hall–Kier alpha value is -1.52. The summed E-state index contributed by atoms with van der Waals surface area (Å²) in [5, 5.41) is 4.56. The fourth-order valence-electron chi connectivity index (χ4n) is 2.55. The van der Waals surface area contributed by atoms with E-state index in [4.69, 9.17) is 9.72 Å². The first-order valence-electron chi connectivity index (χ1n) is 6.69. The maximum Gasteiger partial charge on any atom is 0.129 e. The maximum atomic E-state index is 5.28. The minimum atomic E-state index is 0. The van der Waals surface area contributed by atoms with Crippen LogP contribution in [0.3, 0.4) is 0 Å². The zero-order valence-corrected chi connectivity index (χ0v) is 12.7. The number of anilines is 1. The Balaban J connectivity index is 0.00000147. The topological polar surface area (TPSA) is 37.4 Å². The Kier molecular flexibility index (Phi) is 4.68. The lowest BCUT2D eigenvalue weighted by Crippen LogP contribution is -2.43. The molecule has 0 amide bonds. The lowest BCUT2D eigenvalue weighted by atomic mass is 10.1. The van der Waals surface area contributed by atoms with Gasteiger partial charge in [0.25, 0.3) is 0 Å². The van der Waals surface area contributed by atoms with Gasteiger partial charge in [-0.25, -0.2) is 4.98 Å². The van der Waals surface area contributed by atoms with E-state index in [9.17, 15) is 0 Å². The van der Waals surface area contributed by atoms with Crippen LogP contribution in [0.4, 0.5) is 5.82 Å². The number of benzene rings is 1. The SMILES string of the molecule is COc1ccc2c(C)cc(N3CCNCC3)nc2c1.Cl. The molecule has 1 aliphatic rings. The quantitative estimate of drug-likeness (QED) is 0.922. The number of pyridine rings is 1. The van der Waals surface area contributed by atoms with E-state index < -0.39 is 0 Å². The van der Waals surface area contributed by atoms with E-state index in [2.05, 4.69) is 29.3 Å². The van der Waals surface area contributed by atoms with Gasteiger partial charge in [-0.1, -0.05) is 0 Å². The normalized spacial score (nSPS) is 15.0. The molecular formula is C15H20ClN3O. The highest BCUT2D eigenvalue weighted by molar-refractivity contribution is 5.85. The van der Waals surface area contributed by atoms with E-state index in [1.165, 1.54) is 10.9 Å². The number of aromatic nitrogens is 1. The van der Waals surface area contributed by atoms with Crippen LogP contribution in [0.2, 0.25) is 0 Å². The lowest BCUT2D eigenvalue weighted by molar-refractivity contribution is 0.415. The zero-order valence-electron chi connectivity index (χ0n) is 11.8. The summed E-state index contributed by atoms with van der Waals surface area (Å²) in [6.45, 7) is 6.22. The van der Waals surface area contributed by atoms with Gasteiger partial charge in [0.15, 0.2) is 0 Å². The number of nitrogens with one attached hydrogen (secondary N) is 1. The molecule has 0 saturated carbocycles. The Morgan fingerprint density at radius 2 is 1.95 bits per heavy atom. The second-order valence-electron chi connectivity index (χ2n) is 4.92. The molecule has 0 bridgehead atoms. The fraction of sp³-hybridized carbons (Fsp3) is 0.400. The summed E-state index contributed by atoms with van der Waals surface area (Å²) in [6, 6.07) is 8.26. The summed E-state index contributed by atoms with van der Waals surface area (Å²) in [5.74, 6) is 1.93. The summed E-state index contributed by atoms with van der Waals surface area (Å²) < 4.78 is 5.28. The summed E-state index contributed by atoms with van der Waals surface area (Å²) >= 11 is 0. The maximum absolute atomic E-state index is 5.28. The third-order valence-corrected chi connectivity index (χ3v) is 3.65. The standard InChI is InChI=1S/C15H19N3O.ClH/c1-11-9-15(18-7-5-16-6-8-18)17-14-10-12(19-2)3-4-13(11)14;/h3-4,9-10,16H,5-8H2,1-2H3;1H. The Bertz CT molecular complexity index is 597. The van der Waals surface area contributed by atoms with Crippen LogP contribution in [0.15, 0.2) is 24.3 Å². The number of hydrogen-bond donors (Lipinski definition) is 1. The van der Waals surface area contributed by atoms with Gasteiger partial charge in [0.1, 0.15) is 11.6 Å².